The standard InChI is InChI=1S/C12H13ClN4/c1-8-15-6-9(12(14)17-8)7-16-11-4-2-10(13)3-5-11/h2-6,16H,7H2,1H3,(H2,14,15,17). The van der Waals surface area contributed by atoms with Crippen LogP contribution in [0.15, 0.2) is 30.5 Å². The van der Waals surface area contributed by atoms with Crippen molar-refractivity contribution in [2.24, 2.45) is 0 Å². The average Bonchev–Trinajstić information content (AvgIpc) is 2.30. The minimum atomic E-state index is 0.513. The molecule has 5 heteroatoms. The third-order valence-corrected chi connectivity index (χ3v) is 2.60. The van der Waals surface area contributed by atoms with E-state index in [4.69, 9.17) is 17.3 Å². The average molecular weight is 249 g/mol. The van der Waals surface area contributed by atoms with Crippen molar-refractivity contribution in [2.75, 3.05) is 11.1 Å². The second kappa shape index (κ2) is 5.01. The lowest BCUT2D eigenvalue weighted by atomic mass is 10.2. The maximum absolute atomic E-state index is 5.80. The van der Waals surface area contributed by atoms with Crippen molar-refractivity contribution < 1.29 is 0 Å². The number of nitrogens with two attached hydrogens (primary N) is 1. The third kappa shape index (κ3) is 3.07. The molecule has 0 saturated carbocycles. The Morgan fingerprint density at radius 1 is 1.29 bits per heavy atom. The number of aryl methyl sites for hydroxylation is 1. The Morgan fingerprint density at radius 2 is 2.00 bits per heavy atom. The van der Waals surface area contributed by atoms with Crippen molar-refractivity contribution in [2.45, 2.75) is 13.5 Å². The summed E-state index contributed by atoms with van der Waals surface area (Å²) in [4.78, 5) is 8.22. The number of rotatable bonds is 3. The first kappa shape index (κ1) is 11.7. The van der Waals surface area contributed by atoms with E-state index in [-0.39, 0.29) is 0 Å². The molecule has 1 heterocycles. The molecule has 2 rings (SSSR count). The molecule has 0 bridgehead atoms. The molecule has 17 heavy (non-hydrogen) atoms. The van der Waals surface area contributed by atoms with Gasteiger partial charge in [0.2, 0.25) is 0 Å². The van der Waals surface area contributed by atoms with E-state index in [1.165, 1.54) is 0 Å². The normalized spacial score (nSPS) is 10.2. The van der Waals surface area contributed by atoms with Gasteiger partial charge in [-0.1, -0.05) is 11.6 Å². The Labute approximate surface area is 105 Å². The van der Waals surface area contributed by atoms with Gasteiger partial charge in [-0.05, 0) is 31.2 Å². The summed E-state index contributed by atoms with van der Waals surface area (Å²) in [5.74, 6) is 1.19. The summed E-state index contributed by atoms with van der Waals surface area (Å²) in [5.41, 5.74) is 7.66. The van der Waals surface area contributed by atoms with Crippen LogP contribution in [0.1, 0.15) is 11.4 Å². The van der Waals surface area contributed by atoms with Crippen LogP contribution in [-0.2, 0) is 6.54 Å². The predicted octanol–water partition coefficient (Wildman–Crippen LogP) is 2.63. The van der Waals surface area contributed by atoms with Crippen molar-refractivity contribution in [1.82, 2.24) is 9.97 Å². The first-order chi connectivity index (χ1) is 8.15. The van der Waals surface area contributed by atoms with Gasteiger partial charge in [0.25, 0.3) is 0 Å². The van der Waals surface area contributed by atoms with Crippen LogP contribution < -0.4 is 11.1 Å². The topological polar surface area (TPSA) is 63.8 Å². The van der Waals surface area contributed by atoms with E-state index in [2.05, 4.69) is 15.3 Å². The Kier molecular flexibility index (Phi) is 3.44. The van der Waals surface area contributed by atoms with Gasteiger partial charge in [-0.15, -0.1) is 0 Å². The Morgan fingerprint density at radius 3 is 2.65 bits per heavy atom. The monoisotopic (exact) mass is 248 g/mol. The van der Waals surface area contributed by atoms with Gasteiger partial charge >= 0.3 is 0 Å². The second-order valence-corrected chi connectivity index (χ2v) is 4.12. The maximum Gasteiger partial charge on any atom is 0.132 e. The molecule has 0 aliphatic heterocycles. The van der Waals surface area contributed by atoms with Crippen LogP contribution in [-0.4, -0.2) is 9.97 Å². The molecule has 3 N–H and O–H groups in total. The van der Waals surface area contributed by atoms with E-state index in [1.54, 1.807) is 6.20 Å². The molecular formula is C12H13ClN4. The second-order valence-electron chi connectivity index (χ2n) is 3.69. The van der Waals surface area contributed by atoms with Crippen LogP contribution in [0.5, 0.6) is 0 Å². The maximum atomic E-state index is 5.80. The van der Waals surface area contributed by atoms with Crippen LogP contribution in [0, 0.1) is 6.92 Å². The van der Waals surface area contributed by atoms with Crippen molar-refractivity contribution in [3.05, 3.63) is 46.9 Å². The molecular weight excluding hydrogens is 236 g/mol. The number of anilines is 2. The Hall–Kier alpha value is -1.81. The summed E-state index contributed by atoms with van der Waals surface area (Å²) in [6.45, 7) is 2.40. The van der Waals surface area contributed by atoms with E-state index >= 15 is 0 Å². The fourth-order valence-electron chi connectivity index (χ4n) is 1.41. The van der Waals surface area contributed by atoms with Gasteiger partial charge < -0.3 is 11.1 Å². The van der Waals surface area contributed by atoms with Crippen LogP contribution in [0.4, 0.5) is 11.5 Å². The largest absolute Gasteiger partial charge is 0.383 e. The zero-order valence-corrected chi connectivity index (χ0v) is 10.2. The molecule has 88 valence electrons. The van der Waals surface area contributed by atoms with Crippen molar-refractivity contribution in [3.8, 4) is 0 Å². The molecule has 0 amide bonds. The van der Waals surface area contributed by atoms with Crippen LogP contribution in [0.2, 0.25) is 5.02 Å². The summed E-state index contributed by atoms with van der Waals surface area (Å²) < 4.78 is 0. The van der Waals surface area contributed by atoms with Crippen molar-refractivity contribution in [3.63, 3.8) is 0 Å². The summed E-state index contributed by atoms with van der Waals surface area (Å²) in [6.07, 6.45) is 1.74. The van der Waals surface area contributed by atoms with Gasteiger partial charge in [-0.3, -0.25) is 0 Å². The molecule has 0 radical (unpaired) electrons. The third-order valence-electron chi connectivity index (χ3n) is 2.35. The van der Waals surface area contributed by atoms with Crippen LogP contribution in [0.3, 0.4) is 0 Å². The van der Waals surface area contributed by atoms with Crippen molar-refractivity contribution in [1.29, 1.82) is 0 Å². The minimum absolute atomic E-state index is 0.513. The number of nitrogens with one attached hydrogen (secondary N) is 1. The number of aromatic nitrogens is 2. The number of nitrogen functional groups attached to an aromatic ring is 1. The van der Waals surface area contributed by atoms with E-state index in [0.717, 1.165) is 11.3 Å². The fraction of sp³-hybridized carbons (Fsp3) is 0.167. The van der Waals surface area contributed by atoms with Crippen molar-refractivity contribution >= 4 is 23.1 Å². The quantitative estimate of drug-likeness (QED) is 0.877. The van der Waals surface area contributed by atoms with Gasteiger partial charge in [0.1, 0.15) is 11.6 Å². The minimum Gasteiger partial charge on any atom is -0.383 e. The molecule has 4 nitrogen and oxygen atoms in total. The Balaban J connectivity index is 2.04. The molecule has 2 aromatic rings. The highest BCUT2D eigenvalue weighted by Gasteiger charge is 2.01. The summed E-state index contributed by atoms with van der Waals surface area (Å²) in [5, 5.41) is 3.95. The number of halogens is 1. The molecule has 0 aliphatic rings. The number of hydrogen-bond acceptors (Lipinski definition) is 4. The number of hydrogen-bond donors (Lipinski definition) is 2. The first-order valence-electron chi connectivity index (χ1n) is 5.22. The lowest BCUT2D eigenvalue weighted by molar-refractivity contribution is 1.00. The molecule has 0 aliphatic carbocycles. The highest BCUT2D eigenvalue weighted by molar-refractivity contribution is 6.30. The summed E-state index contributed by atoms with van der Waals surface area (Å²) >= 11 is 5.80. The molecule has 0 spiro atoms. The molecule has 0 unspecified atom stereocenters. The van der Waals surface area contributed by atoms with E-state index in [0.29, 0.717) is 23.2 Å². The van der Waals surface area contributed by atoms with Crippen LogP contribution >= 0.6 is 11.6 Å². The first-order valence-corrected chi connectivity index (χ1v) is 5.60. The lowest BCUT2D eigenvalue weighted by Crippen LogP contribution is -2.06. The fourth-order valence-corrected chi connectivity index (χ4v) is 1.54. The highest BCUT2D eigenvalue weighted by atomic mass is 35.5. The molecule has 1 aromatic heterocycles. The van der Waals surface area contributed by atoms with E-state index in [9.17, 15) is 0 Å². The lowest BCUT2D eigenvalue weighted by Gasteiger charge is -2.08. The summed E-state index contributed by atoms with van der Waals surface area (Å²) in [7, 11) is 0. The van der Waals surface area contributed by atoms with Gasteiger partial charge in [-0.25, -0.2) is 9.97 Å². The SMILES string of the molecule is Cc1ncc(CNc2ccc(Cl)cc2)c(N)n1. The highest BCUT2D eigenvalue weighted by Crippen LogP contribution is 2.15. The van der Waals surface area contributed by atoms with Crippen LogP contribution in [0.25, 0.3) is 0 Å². The number of nitrogens with zero attached hydrogens (tertiary/aromatic N) is 2. The zero-order chi connectivity index (χ0) is 12.3. The number of benzene rings is 1. The zero-order valence-electron chi connectivity index (χ0n) is 9.44. The van der Waals surface area contributed by atoms with Gasteiger partial charge in [0.15, 0.2) is 0 Å². The van der Waals surface area contributed by atoms with E-state index in [1.807, 2.05) is 31.2 Å². The molecule has 1 aromatic carbocycles. The Bertz CT molecular complexity index is 510. The molecule has 0 fully saturated rings. The molecule has 0 atom stereocenters. The predicted molar refractivity (Wildman–Crippen MR) is 70.0 cm³/mol. The van der Waals surface area contributed by atoms with Gasteiger partial charge in [0, 0.05) is 29.0 Å². The van der Waals surface area contributed by atoms with E-state index < -0.39 is 0 Å². The smallest absolute Gasteiger partial charge is 0.132 e. The summed E-state index contributed by atoms with van der Waals surface area (Å²) in [6, 6.07) is 7.49. The van der Waals surface area contributed by atoms with Gasteiger partial charge in [0.05, 0.1) is 0 Å². The molecule has 0 saturated heterocycles. The van der Waals surface area contributed by atoms with Gasteiger partial charge in [-0.2, -0.15) is 0 Å².